The van der Waals surface area contributed by atoms with Crippen LogP contribution in [0.15, 0.2) is 28.7 Å². The Bertz CT molecular complexity index is 317. The maximum atomic E-state index is 8.90. The highest BCUT2D eigenvalue weighted by Crippen LogP contribution is 2.22. The van der Waals surface area contributed by atoms with Crippen LogP contribution in [0.3, 0.4) is 0 Å². The molecule has 0 spiro atoms. The minimum absolute atomic E-state index is 0.222. The normalized spacial score (nSPS) is 12.1. The van der Waals surface area contributed by atoms with Crippen LogP contribution in [-0.4, -0.2) is 6.54 Å². The zero-order chi connectivity index (χ0) is 9.68. The molecular formula is C10H11BrN2. The van der Waals surface area contributed by atoms with Crippen LogP contribution in [0.1, 0.15) is 18.5 Å². The van der Waals surface area contributed by atoms with E-state index in [2.05, 4.69) is 27.3 Å². The molecule has 0 heterocycles. The monoisotopic (exact) mass is 238 g/mol. The molecule has 0 aliphatic carbocycles. The van der Waals surface area contributed by atoms with Crippen LogP contribution in [0, 0.1) is 11.3 Å². The molecule has 0 fully saturated rings. The standard InChI is InChI=1S/C10H11BrN2/c1-2-13-10(7-12)8-5-3-4-6-9(8)11/h3-6,10,13H,2H2,1H3. The maximum Gasteiger partial charge on any atom is 0.122 e. The Labute approximate surface area is 86.7 Å². The number of nitriles is 1. The van der Waals surface area contributed by atoms with Crippen molar-refractivity contribution in [2.75, 3.05) is 6.54 Å². The first-order valence-electron chi connectivity index (χ1n) is 4.17. The highest BCUT2D eigenvalue weighted by molar-refractivity contribution is 9.10. The average molecular weight is 239 g/mol. The molecule has 0 saturated heterocycles. The second-order valence-corrected chi connectivity index (χ2v) is 3.50. The summed E-state index contributed by atoms with van der Waals surface area (Å²) in [5, 5.41) is 12.0. The van der Waals surface area contributed by atoms with E-state index in [0.29, 0.717) is 0 Å². The molecule has 0 amide bonds. The van der Waals surface area contributed by atoms with Gasteiger partial charge in [0.1, 0.15) is 6.04 Å². The highest BCUT2D eigenvalue weighted by Gasteiger charge is 2.10. The van der Waals surface area contributed by atoms with Crippen LogP contribution in [0.4, 0.5) is 0 Å². The number of benzene rings is 1. The lowest BCUT2D eigenvalue weighted by molar-refractivity contribution is 0.656. The van der Waals surface area contributed by atoms with Gasteiger partial charge in [0.2, 0.25) is 0 Å². The molecule has 0 saturated carbocycles. The first kappa shape index (κ1) is 10.2. The Morgan fingerprint density at radius 3 is 2.77 bits per heavy atom. The maximum absolute atomic E-state index is 8.90. The van der Waals surface area contributed by atoms with E-state index in [1.54, 1.807) is 0 Å². The van der Waals surface area contributed by atoms with Gasteiger partial charge in [-0.2, -0.15) is 5.26 Å². The number of nitrogens with one attached hydrogen (secondary N) is 1. The van der Waals surface area contributed by atoms with E-state index in [1.165, 1.54) is 0 Å². The van der Waals surface area contributed by atoms with Gasteiger partial charge < -0.3 is 0 Å². The van der Waals surface area contributed by atoms with Gasteiger partial charge >= 0.3 is 0 Å². The largest absolute Gasteiger partial charge is 0.298 e. The van der Waals surface area contributed by atoms with Crippen molar-refractivity contribution in [2.45, 2.75) is 13.0 Å². The molecule has 13 heavy (non-hydrogen) atoms. The van der Waals surface area contributed by atoms with Crippen molar-refractivity contribution in [1.82, 2.24) is 5.32 Å². The minimum atomic E-state index is -0.222. The summed E-state index contributed by atoms with van der Waals surface area (Å²) < 4.78 is 0.975. The van der Waals surface area contributed by atoms with Gasteiger partial charge in [-0.15, -0.1) is 0 Å². The molecule has 1 N–H and O–H groups in total. The SMILES string of the molecule is CCNC(C#N)c1ccccc1Br. The second kappa shape index (κ2) is 5.00. The van der Waals surface area contributed by atoms with E-state index in [1.807, 2.05) is 31.2 Å². The third-order valence-corrected chi connectivity index (χ3v) is 2.48. The molecule has 0 aliphatic heterocycles. The molecule has 0 radical (unpaired) electrons. The fourth-order valence-electron chi connectivity index (χ4n) is 1.14. The van der Waals surface area contributed by atoms with Gasteiger partial charge in [0.05, 0.1) is 6.07 Å². The predicted molar refractivity (Wildman–Crippen MR) is 56.2 cm³/mol. The van der Waals surface area contributed by atoms with E-state index >= 15 is 0 Å². The Morgan fingerprint density at radius 1 is 1.54 bits per heavy atom. The van der Waals surface area contributed by atoms with Gasteiger partial charge in [-0.05, 0) is 18.2 Å². The van der Waals surface area contributed by atoms with Gasteiger partial charge in [-0.3, -0.25) is 5.32 Å². The summed E-state index contributed by atoms with van der Waals surface area (Å²) in [7, 11) is 0. The lowest BCUT2D eigenvalue weighted by Crippen LogP contribution is -2.19. The summed E-state index contributed by atoms with van der Waals surface area (Å²) in [5.74, 6) is 0. The molecule has 3 heteroatoms. The van der Waals surface area contributed by atoms with E-state index in [4.69, 9.17) is 5.26 Å². The average Bonchev–Trinajstić information content (AvgIpc) is 2.16. The van der Waals surface area contributed by atoms with Crippen molar-refractivity contribution in [2.24, 2.45) is 0 Å². The predicted octanol–water partition coefficient (Wildman–Crippen LogP) is 2.62. The van der Waals surface area contributed by atoms with Crippen molar-refractivity contribution in [1.29, 1.82) is 5.26 Å². The Morgan fingerprint density at radius 2 is 2.23 bits per heavy atom. The molecule has 0 aromatic heterocycles. The van der Waals surface area contributed by atoms with Crippen LogP contribution >= 0.6 is 15.9 Å². The second-order valence-electron chi connectivity index (χ2n) is 2.64. The van der Waals surface area contributed by atoms with Crippen LogP contribution in [0.5, 0.6) is 0 Å². The fourth-order valence-corrected chi connectivity index (χ4v) is 1.65. The van der Waals surface area contributed by atoms with Crippen molar-refractivity contribution >= 4 is 15.9 Å². The first-order chi connectivity index (χ1) is 6.29. The molecule has 68 valence electrons. The summed E-state index contributed by atoms with van der Waals surface area (Å²) in [6, 6.07) is 9.75. The van der Waals surface area contributed by atoms with Crippen molar-refractivity contribution in [3.8, 4) is 6.07 Å². The van der Waals surface area contributed by atoms with Crippen LogP contribution < -0.4 is 5.32 Å². The molecular weight excluding hydrogens is 228 g/mol. The lowest BCUT2D eigenvalue weighted by atomic mass is 10.1. The molecule has 1 aromatic rings. The van der Waals surface area contributed by atoms with E-state index < -0.39 is 0 Å². The van der Waals surface area contributed by atoms with Gasteiger partial charge in [-0.25, -0.2) is 0 Å². The van der Waals surface area contributed by atoms with Gasteiger partial charge in [0.15, 0.2) is 0 Å². The van der Waals surface area contributed by atoms with Crippen molar-refractivity contribution in [3.63, 3.8) is 0 Å². The first-order valence-corrected chi connectivity index (χ1v) is 4.96. The Hall–Kier alpha value is -0.850. The van der Waals surface area contributed by atoms with Gasteiger partial charge in [-0.1, -0.05) is 41.1 Å². The number of halogens is 1. The van der Waals surface area contributed by atoms with Crippen LogP contribution in [0.25, 0.3) is 0 Å². The zero-order valence-corrected chi connectivity index (χ0v) is 9.01. The van der Waals surface area contributed by atoms with Crippen molar-refractivity contribution in [3.05, 3.63) is 34.3 Å². The summed E-state index contributed by atoms with van der Waals surface area (Å²) in [6.07, 6.45) is 0. The highest BCUT2D eigenvalue weighted by atomic mass is 79.9. The quantitative estimate of drug-likeness (QED) is 0.879. The fraction of sp³-hybridized carbons (Fsp3) is 0.300. The lowest BCUT2D eigenvalue weighted by Gasteiger charge is -2.11. The number of hydrogen-bond acceptors (Lipinski definition) is 2. The Balaban J connectivity index is 2.92. The van der Waals surface area contributed by atoms with E-state index in [9.17, 15) is 0 Å². The number of hydrogen-bond donors (Lipinski definition) is 1. The third kappa shape index (κ3) is 2.55. The molecule has 2 nitrogen and oxygen atoms in total. The summed E-state index contributed by atoms with van der Waals surface area (Å²) >= 11 is 3.42. The molecule has 1 aromatic carbocycles. The smallest absolute Gasteiger partial charge is 0.122 e. The van der Waals surface area contributed by atoms with Gasteiger partial charge in [0.25, 0.3) is 0 Å². The summed E-state index contributed by atoms with van der Waals surface area (Å²) in [5.41, 5.74) is 0.992. The molecule has 0 bridgehead atoms. The topological polar surface area (TPSA) is 35.8 Å². The van der Waals surface area contributed by atoms with Crippen LogP contribution in [0.2, 0.25) is 0 Å². The van der Waals surface area contributed by atoms with Crippen LogP contribution in [-0.2, 0) is 0 Å². The Kier molecular flexibility index (Phi) is 3.94. The molecule has 1 atom stereocenters. The number of rotatable bonds is 3. The van der Waals surface area contributed by atoms with Crippen molar-refractivity contribution < 1.29 is 0 Å². The number of nitrogens with zero attached hydrogens (tertiary/aromatic N) is 1. The summed E-state index contributed by atoms with van der Waals surface area (Å²) in [4.78, 5) is 0. The summed E-state index contributed by atoms with van der Waals surface area (Å²) in [6.45, 7) is 2.78. The van der Waals surface area contributed by atoms with Gasteiger partial charge in [0, 0.05) is 4.47 Å². The molecule has 0 aliphatic rings. The zero-order valence-electron chi connectivity index (χ0n) is 7.42. The minimum Gasteiger partial charge on any atom is -0.298 e. The molecule has 1 rings (SSSR count). The van der Waals surface area contributed by atoms with E-state index in [-0.39, 0.29) is 6.04 Å². The third-order valence-electron chi connectivity index (χ3n) is 1.75. The molecule has 1 unspecified atom stereocenters. The van der Waals surface area contributed by atoms with E-state index in [0.717, 1.165) is 16.6 Å².